The van der Waals surface area contributed by atoms with E-state index in [1.165, 1.54) is 5.56 Å². The molecule has 2 rings (SSSR count). The molecule has 0 aliphatic heterocycles. The highest BCUT2D eigenvalue weighted by Gasteiger charge is 2.11. The zero-order chi connectivity index (χ0) is 15.1. The van der Waals surface area contributed by atoms with Gasteiger partial charge in [0.25, 0.3) is 0 Å². The number of imidazole rings is 1. The molecule has 0 amide bonds. The lowest BCUT2D eigenvalue weighted by Gasteiger charge is -2.18. The highest BCUT2D eigenvalue weighted by molar-refractivity contribution is 9.10. The van der Waals surface area contributed by atoms with Crippen LogP contribution < -0.4 is 10.1 Å². The molecule has 1 atom stereocenters. The Morgan fingerprint density at radius 3 is 3.00 bits per heavy atom. The van der Waals surface area contributed by atoms with Gasteiger partial charge in [-0.25, -0.2) is 4.98 Å². The Morgan fingerprint density at radius 1 is 1.43 bits per heavy atom. The lowest BCUT2D eigenvalue weighted by molar-refractivity contribution is 0.292. The zero-order valence-electron chi connectivity index (χ0n) is 12.6. The van der Waals surface area contributed by atoms with E-state index in [9.17, 15) is 0 Å². The molecular formula is C16H22BrN3O. The molecule has 0 aliphatic rings. The van der Waals surface area contributed by atoms with Crippen molar-refractivity contribution in [1.29, 1.82) is 0 Å². The van der Waals surface area contributed by atoms with Crippen LogP contribution in [0.4, 0.5) is 0 Å². The van der Waals surface area contributed by atoms with Gasteiger partial charge in [-0.2, -0.15) is 0 Å². The molecule has 1 aromatic carbocycles. The molecule has 0 aliphatic carbocycles. The minimum atomic E-state index is 0.279. The van der Waals surface area contributed by atoms with Crippen LogP contribution in [0.25, 0.3) is 0 Å². The van der Waals surface area contributed by atoms with Gasteiger partial charge >= 0.3 is 0 Å². The second kappa shape index (κ2) is 8.20. The number of nitrogens with one attached hydrogen (secondary N) is 1. The third kappa shape index (κ3) is 4.86. The summed E-state index contributed by atoms with van der Waals surface area (Å²) in [4.78, 5) is 4.03. The van der Waals surface area contributed by atoms with Crippen molar-refractivity contribution in [2.75, 3.05) is 13.2 Å². The van der Waals surface area contributed by atoms with Crippen LogP contribution in [0.2, 0.25) is 0 Å². The van der Waals surface area contributed by atoms with E-state index >= 15 is 0 Å². The van der Waals surface area contributed by atoms with E-state index < -0.39 is 0 Å². The van der Waals surface area contributed by atoms with E-state index in [1.807, 2.05) is 16.8 Å². The second-order valence-electron chi connectivity index (χ2n) is 5.01. The maximum Gasteiger partial charge on any atom is 0.125 e. The predicted molar refractivity (Wildman–Crippen MR) is 88.6 cm³/mol. The van der Waals surface area contributed by atoms with Crippen molar-refractivity contribution in [3.63, 3.8) is 0 Å². The van der Waals surface area contributed by atoms with Crippen LogP contribution in [0.1, 0.15) is 31.9 Å². The van der Waals surface area contributed by atoms with Crippen molar-refractivity contribution in [2.24, 2.45) is 0 Å². The van der Waals surface area contributed by atoms with E-state index in [2.05, 4.69) is 52.2 Å². The normalized spacial score (nSPS) is 12.3. The number of nitrogens with zero attached hydrogens (tertiary/aromatic N) is 2. The van der Waals surface area contributed by atoms with Crippen LogP contribution in [-0.2, 0) is 6.54 Å². The SMILES string of the molecule is CCCNC(C)c1ccc(Br)cc1OCCn1ccnc1. The van der Waals surface area contributed by atoms with E-state index in [-0.39, 0.29) is 6.04 Å². The second-order valence-corrected chi connectivity index (χ2v) is 5.92. The highest BCUT2D eigenvalue weighted by Crippen LogP contribution is 2.28. The number of rotatable bonds is 8. The maximum absolute atomic E-state index is 5.97. The molecule has 0 bridgehead atoms. The Labute approximate surface area is 134 Å². The Hall–Kier alpha value is -1.33. The van der Waals surface area contributed by atoms with E-state index in [0.717, 1.165) is 29.7 Å². The highest BCUT2D eigenvalue weighted by atomic mass is 79.9. The first-order valence-corrected chi connectivity index (χ1v) is 8.11. The van der Waals surface area contributed by atoms with Gasteiger partial charge in [0.05, 0.1) is 12.9 Å². The molecule has 0 fully saturated rings. The lowest BCUT2D eigenvalue weighted by atomic mass is 10.1. The Kier molecular flexibility index (Phi) is 6.26. The predicted octanol–water partition coefficient (Wildman–Crippen LogP) is 3.79. The fraction of sp³-hybridized carbons (Fsp3) is 0.438. The number of aromatic nitrogens is 2. The molecule has 5 heteroatoms. The quantitative estimate of drug-likeness (QED) is 0.786. The van der Waals surface area contributed by atoms with Crippen LogP contribution in [-0.4, -0.2) is 22.7 Å². The van der Waals surface area contributed by atoms with Gasteiger partial charge in [-0.1, -0.05) is 28.9 Å². The summed E-state index contributed by atoms with van der Waals surface area (Å²) in [5.41, 5.74) is 1.19. The molecule has 0 radical (unpaired) electrons. The molecule has 1 unspecified atom stereocenters. The fourth-order valence-corrected chi connectivity index (χ4v) is 2.48. The van der Waals surface area contributed by atoms with Crippen molar-refractivity contribution in [3.8, 4) is 5.75 Å². The summed E-state index contributed by atoms with van der Waals surface area (Å²) in [6, 6.07) is 6.49. The standard InChI is InChI=1S/C16H22BrN3O/c1-3-6-19-13(2)15-5-4-14(17)11-16(15)21-10-9-20-8-7-18-12-20/h4-5,7-8,11-13,19H,3,6,9-10H2,1-2H3. The summed E-state index contributed by atoms with van der Waals surface area (Å²) in [6.07, 6.45) is 6.65. The number of halogens is 1. The molecule has 1 aromatic heterocycles. The number of hydrogen-bond donors (Lipinski definition) is 1. The largest absolute Gasteiger partial charge is 0.491 e. The summed E-state index contributed by atoms with van der Waals surface area (Å²) >= 11 is 3.51. The molecule has 2 aromatic rings. The molecule has 114 valence electrons. The van der Waals surface area contributed by atoms with Crippen molar-refractivity contribution >= 4 is 15.9 Å². The third-order valence-corrected chi connectivity index (χ3v) is 3.80. The van der Waals surface area contributed by atoms with Crippen molar-refractivity contribution in [3.05, 3.63) is 47.0 Å². The molecule has 21 heavy (non-hydrogen) atoms. The van der Waals surface area contributed by atoms with E-state index in [1.54, 1.807) is 12.5 Å². The van der Waals surface area contributed by atoms with Crippen LogP contribution in [0.15, 0.2) is 41.4 Å². The first kappa shape index (κ1) is 16.0. The average molecular weight is 352 g/mol. The fourth-order valence-electron chi connectivity index (χ4n) is 2.14. The van der Waals surface area contributed by atoms with Gasteiger partial charge < -0.3 is 14.6 Å². The summed E-state index contributed by atoms with van der Waals surface area (Å²) in [5, 5.41) is 3.50. The molecule has 0 saturated heterocycles. The van der Waals surface area contributed by atoms with Gasteiger partial charge in [-0.05, 0) is 32.0 Å². The van der Waals surface area contributed by atoms with Gasteiger partial charge in [0.2, 0.25) is 0 Å². The smallest absolute Gasteiger partial charge is 0.125 e. The topological polar surface area (TPSA) is 39.1 Å². The lowest BCUT2D eigenvalue weighted by Crippen LogP contribution is -2.20. The van der Waals surface area contributed by atoms with Crippen LogP contribution >= 0.6 is 15.9 Å². The first-order chi connectivity index (χ1) is 10.2. The Morgan fingerprint density at radius 2 is 2.29 bits per heavy atom. The molecular weight excluding hydrogens is 330 g/mol. The van der Waals surface area contributed by atoms with Crippen LogP contribution in [0.5, 0.6) is 5.75 Å². The molecule has 0 saturated carbocycles. The minimum absolute atomic E-state index is 0.279. The Balaban J connectivity index is 2.00. The maximum atomic E-state index is 5.97. The van der Waals surface area contributed by atoms with Crippen LogP contribution in [0, 0.1) is 0 Å². The molecule has 1 heterocycles. The number of benzene rings is 1. The van der Waals surface area contributed by atoms with E-state index in [0.29, 0.717) is 6.61 Å². The minimum Gasteiger partial charge on any atom is -0.491 e. The van der Waals surface area contributed by atoms with Gasteiger partial charge in [0.15, 0.2) is 0 Å². The molecule has 0 spiro atoms. The van der Waals surface area contributed by atoms with Crippen molar-refractivity contribution in [2.45, 2.75) is 32.9 Å². The van der Waals surface area contributed by atoms with Crippen molar-refractivity contribution < 1.29 is 4.74 Å². The van der Waals surface area contributed by atoms with Crippen molar-refractivity contribution in [1.82, 2.24) is 14.9 Å². The number of ether oxygens (including phenoxy) is 1. The zero-order valence-corrected chi connectivity index (χ0v) is 14.1. The summed E-state index contributed by atoms with van der Waals surface area (Å²) in [5.74, 6) is 0.931. The summed E-state index contributed by atoms with van der Waals surface area (Å²) in [7, 11) is 0. The van der Waals surface area contributed by atoms with Crippen LogP contribution in [0.3, 0.4) is 0 Å². The monoisotopic (exact) mass is 351 g/mol. The van der Waals surface area contributed by atoms with Gasteiger partial charge in [0, 0.05) is 28.5 Å². The number of hydrogen-bond acceptors (Lipinski definition) is 3. The van der Waals surface area contributed by atoms with Gasteiger partial charge in [0.1, 0.15) is 12.4 Å². The molecule has 4 nitrogen and oxygen atoms in total. The first-order valence-electron chi connectivity index (χ1n) is 7.32. The van der Waals surface area contributed by atoms with E-state index in [4.69, 9.17) is 4.74 Å². The summed E-state index contributed by atoms with van der Waals surface area (Å²) < 4.78 is 9.02. The average Bonchev–Trinajstić information content (AvgIpc) is 2.98. The van der Waals surface area contributed by atoms with Gasteiger partial charge in [-0.3, -0.25) is 0 Å². The third-order valence-electron chi connectivity index (χ3n) is 3.31. The molecule has 1 N–H and O–H groups in total. The summed E-state index contributed by atoms with van der Waals surface area (Å²) in [6.45, 7) is 6.76. The Bertz CT molecular complexity index is 542. The van der Waals surface area contributed by atoms with Gasteiger partial charge in [-0.15, -0.1) is 0 Å².